The molecule has 0 aromatic carbocycles. The molecule has 36 valence electrons. The Labute approximate surface area is 36.4 Å². The summed E-state index contributed by atoms with van der Waals surface area (Å²) in [5.41, 5.74) is 2.50. The predicted octanol–water partition coefficient (Wildman–Crippen LogP) is -1.15. The molecule has 0 aromatic heterocycles. The van der Waals surface area contributed by atoms with Crippen LogP contribution in [0.2, 0.25) is 0 Å². The lowest BCUT2D eigenvalue weighted by Gasteiger charge is -1.85. The maximum Gasteiger partial charge on any atom is 0.0947 e. The summed E-state index contributed by atoms with van der Waals surface area (Å²) >= 11 is 0. The smallest absolute Gasteiger partial charge is 0.0947 e. The SMILES string of the molecule is NNCC1CO1. The largest absolute Gasteiger partial charge is 0.372 e. The van der Waals surface area contributed by atoms with E-state index in [2.05, 4.69) is 5.43 Å². The third kappa shape index (κ3) is 0.931. The highest BCUT2D eigenvalue weighted by Crippen LogP contribution is 2.04. The van der Waals surface area contributed by atoms with Crippen LogP contribution in [0.1, 0.15) is 0 Å². The summed E-state index contributed by atoms with van der Waals surface area (Å²) in [6.07, 6.45) is 0.412. The highest BCUT2D eigenvalue weighted by molar-refractivity contribution is 4.69. The van der Waals surface area contributed by atoms with Crippen LogP contribution in [0.4, 0.5) is 0 Å². The Bertz CT molecular complexity index is 44.1. The second kappa shape index (κ2) is 1.55. The second-order valence-corrected chi connectivity index (χ2v) is 1.36. The Kier molecular flexibility index (Phi) is 1.05. The maximum absolute atomic E-state index is 4.94. The molecule has 1 aliphatic rings. The van der Waals surface area contributed by atoms with Gasteiger partial charge in [0.05, 0.1) is 12.7 Å². The highest BCUT2D eigenvalue weighted by Gasteiger charge is 2.20. The van der Waals surface area contributed by atoms with Crippen LogP contribution in [0.25, 0.3) is 0 Å². The van der Waals surface area contributed by atoms with Crippen LogP contribution in [-0.2, 0) is 4.74 Å². The van der Waals surface area contributed by atoms with Gasteiger partial charge in [-0.3, -0.25) is 11.3 Å². The van der Waals surface area contributed by atoms with Gasteiger partial charge in [0, 0.05) is 6.54 Å². The molecule has 1 heterocycles. The molecular weight excluding hydrogens is 80.0 g/mol. The molecule has 1 atom stereocenters. The van der Waals surface area contributed by atoms with Crippen molar-refractivity contribution >= 4 is 0 Å². The van der Waals surface area contributed by atoms with E-state index >= 15 is 0 Å². The third-order valence-electron chi connectivity index (χ3n) is 0.748. The Morgan fingerprint density at radius 2 is 2.67 bits per heavy atom. The molecule has 1 saturated heterocycles. The monoisotopic (exact) mass is 88.1 g/mol. The van der Waals surface area contributed by atoms with Crippen molar-refractivity contribution in [3.63, 3.8) is 0 Å². The minimum absolute atomic E-state index is 0.412. The summed E-state index contributed by atoms with van der Waals surface area (Å²) in [6, 6.07) is 0. The normalized spacial score (nSPS) is 30.5. The average molecular weight is 88.1 g/mol. The van der Waals surface area contributed by atoms with Crippen LogP contribution < -0.4 is 11.3 Å². The number of hydrazine groups is 1. The molecule has 0 spiro atoms. The van der Waals surface area contributed by atoms with Crippen molar-refractivity contribution in [2.75, 3.05) is 13.2 Å². The zero-order valence-electron chi connectivity index (χ0n) is 3.48. The van der Waals surface area contributed by atoms with Gasteiger partial charge in [-0.15, -0.1) is 0 Å². The molecule has 0 aliphatic carbocycles. The molecule has 0 aromatic rings. The van der Waals surface area contributed by atoms with Crippen LogP contribution in [-0.4, -0.2) is 19.3 Å². The van der Waals surface area contributed by atoms with Gasteiger partial charge in [-0.2, -0.15) is 0 Å². The van der Waals surface area contributed by atoms with Crippen molar-refractivity contribution in [2.45, 2.75) is 6.10 Å². The van der Waals surface area contributed by atoms with E-state index in [1.54, 1.807) is 0 Å². The number of nitrogens with one attached hydrogen (secondary N) is 1. The van der Waals surface area contributed by atoms with E-state index < -0.39 is 0 Å². The van der Waals surface area contributed by atoms with Gasteiger partial charge in [-0.05, 0) is 0 Å². The van der Waals surface area contributed by atoms with E-state index in [9.17, 15) is 0 Å². The summed E-state index contributed by atoms with van der Waals surface area (Å²) in [4.78, 5) is 0. The second-order valence-electron chi connectivity index (χ2n) is 1.36. The summed E-state index contributed by atoms with van der Waals surface area (Å²) in [6.45, 7) is 1.67. The molecule has 1 aliphatic heterocycles. The average Bonchev–Trinajstić information content (AvgIpc) is 2.21. The number of epoxide rings is 1. The first-order valence-corrected chi connectivity index (χ1v) is 1.98. The molecule has 0 saturated carbocycles. The number of ether oxygens (including phenoxy) is 1. The molecule has 3 nitrogen and oxygen atoms in total. The third-order valence-corrected chi connectivity index (χ3v) is 0.748. The van der Waals surface area contributed by atoms with Gasteiger partial charge in [0.25, 0.3) is 0 Å². The number of hydrogen-bond acceptors (Lipinski definition) is 3. The van der Waals surface area contributed by atoms with Crippen LogP contribution in [0.15, 0.2) is 0 Å². The standard InChI is InChI=1S/C3H8N2O/c4-5-1-3-2-6-3/h3,5H,1-2,4H2. The van der Waals surface area contributed by atoms with Gasteiger partial charge in [0.15, 0.2) is 0 Å². The first-order valence-electron chi connectivity index (χ1n) is 1.98. The van der Waals surface area contributed by atoms with E-state index in [0.717, 1.165) is 13.2 Å². The van der Waals surface area contributed by atoms with Gasteiger partial charge in [-0.25, -0.2) is 0 Å². The van der Waals surface area contributed by atoms with Gasteiger partial charge in [-0.1, -0.05) is 0 Å². The maximum atomic E-state index is 4.94. The van der Waals surface area contributed by atoms with E-state index in [0.29, 0.717) is 6.10 Å². The summed E-state index contributed by atoms with van der Waals surface area (Å²) in [5.74, 6) is 4.94. The zero-order valence-corrected chi connectivity index (χ0v) is 3.48. The fourth-order valence-corrected chi connectivity index (χ4v) is 0.317. The van der Waals surface area contributed by atoms with Crippen LogP contribution in [0, 0.1) is 0 Å². The molecule has 1 fully saturated rings. The van der Waals surface area contributed by atoms with Crippen molar-refractivity contribution in [2.24, 2.45) is 5.84 Å². The first kappa shape index (κ1) is 4.05. The Morgan fingerprint density at radius 1 is 2.00 bits per heavy atom. The predicted molar refractivity (Wildman–Crippen MR) is 21.9 cm³/mol. The van der Waals surface area contributed by atoms with Gasteiger partial charge < -0.3 is 4.74 Å². The minimum Gasteiger partial charge on any atom is -0.372 e. The van der Waals surface area contributed by atoms with E-state index in [1.165, 1.54) is 0 Å². The molecule has 6 heavy (non-hydrogen) atoms. The van der Waals surface area contributed by atoms with Gasteiger partial charge in [0.1, 0.15) is 0 Å². The Hall–Kier alpha value is -0.120. The van der Waals surface area contributed by atoms with E-state index in [1.807, 2.05) is 0 Å². The van der Waals surface area contributed by atoms with Crippen molar-refractivity contribution in [3.05, 3.63) is 0 Å². The van der Waals surface area contributed by atoms with Crippen LogP contribution >= 0.6 is 0 Å². The topological polar surface area (TPSA) is 50.6 Å². The zero-order chi connectivity index (χ0) is 4.41. The molecule has 0 amide bonds. The van der Waals surface area contributed by atoms with Crippen LogP contribution in [0.3, 0.4) is 0 Å². The fourth-order valence-electron chi connectivity index (χ4n) is 0.317. The minimum atomic E-state index is 0.412. The lowest BCUT2D eigenvalue weighted by atomic mass is 10.5. The molecule has 3 heteroatoms. The van der Waals surface area contributed by atoms with Crippen molar-refractivity contribution in [3.8, 4) is 0 Å². The van der Waals surface area contributed by atoms with Crippen molar-refractivity contribution < 1.29 is 4.74 Å². The molecule has 0 radical (unpaired) electrons. The van der Waals surface area contributed by atoms with Gasteiger partial charge in [0.2, 0.25) is 0 Å². The van der Waals surface area contributed by atoms with Crippen LogP contribution in [0.5, 0.6) is 0 Å². The molecule has 1 unspecified atom stereocenters. The van der Waals surface area contributed by atoms with E-state index in [4.69, 9.17) is 10.6 Å². The summed E-state index contributed by atoms with van der Waals surface area (Å²) in [7, 11) is 0. The number of nitrogens with two attached hydrogens (primary N) is 1. The number of rotatable bonds is 2. The first-order chi connectivity index (χ1) is 2.93. The lowest BCUT2D eigenvalue weighted by molar-refractivity contribution is 0.398. The summed E-state index contributed by atoms with van der Waals surface area (Å²) < 4.78 is 4.81. The molecular formula is C3H8N2O. The fraction of sp³-hybridized carbons (Fsp3) is 1.00. The highest BCUT2D eigenvalue weighted by atomic mass is 16.6. The van der Waals surface area contributed by atoms with Crippen molar-refractivity contribution in [1.29, 1.82) is 0 Å². The Balaban J connectivity index is 1.88. The molecule has 3 N–H and O–H groups in total. The van der Waals surface area contributed by atoms with E-state index in [-0.39, 0.29) is 0 Å². The lowest BCUT2D eigenvalue weighted by Crippen LogP contribution is -2.26. The van der Waals surface area contributed by atoms with Crippen molar-refractivity contribution in [1.82, 2.24) is 5.43 Å². The molecule has 1 rings (SSSR count). The quantitative estimate of drug-likeness (QED) is 0.254. The Morgan fingerprint density at radius 3 is 2.83 bits per heavy atom. The molecule has 0 bridgehead atoms. The van der Waals surface area contributed by atoms with Gasteiger partial charge >= 0.3 is 0 Å². The number of hydrogen-bond donors (Lipinski definition) is 2. The summed E-state index contributed by atoms with van der Waals surface area (Å²) in [5, 5.41) is 0.